The second-order valence-electron chi connectivity index (χ2n) is 15.1. The highest BCUT2D eigenvalue weighted by Crippen LogP contribution is 2.57. The van der Waals surface area contributed by atoms with Crippen LogP contribution in [0.25, 0.3) is 56.9 Å². The van der Waals surface area contributed by atoms with Crippen LogP contribution in [0.2, 0.25) is 0 Å². The van der Waals surface area contributed by atoms with Crippen molar-refractivity contribution in [3.8, 4) is 68.4 Å². The van der Waals surface area contributed by atoms with Crippen LogP contribution in [-0.2, 0) is 5.41 Å². The van der Waals surface area contributed by atoms with E-state index in [1.54, 1.807) is 14.2 Å². The maximum absolute atomic E-state index is 6.39. The van der Waals surface area contributed by atoms with Crippen LogP contribution >= 0.6 is 0 Å². The van der Waals surface area contributed by atoms with Gasteiger partial charge in [-0.1, -0.05) is 103 Å². The lowest BCUT2D eigenvalue weighted by Crippen LogP contribution is -2.31. The summed E-state index contributed by atoms with van der Waals surface area (Å²) in [5.74, 6) is 4.60. The maximum atomic E-state index is 6.39. The van der Waals surface area contributed by atoms with Crippen molar-refractivity contribution >= 4 is 0 Å². The first kappa shape index (κ1) is 38.1. The van der Waals surface area contributed by atoms with Gasteiger partial charge in [-0.25, -0.2) is 0 Å². The molecule has 2 unspecified atom stereocenters. The Morgan fingerprint density at radius 2 is 0.927 bits per heavy atom. The van der Waals surface area contributed by atoms with Crippen molar-refractivity contribution in [3.63, 3.8) is 0 Å². The van der Waals surface area contributed by atoms with Gasteiger partial charge in [0.2, 0.25) is 23.6 Å². The Morgan fingerprint density at radius 1 is 0.527 bits per heavy atom. The summed E-state index contributed by atoms with van der Waals surface area (Å²) in [6.07, 6.45) is 11.7. The molecule has 0 N–H and O–H groups in total. The van der Waals surface area contributed by atoms with Crippen LogP contribution in [0.1, 0.15) is 103 Å². The first-order chi connectivity index (χ1) is 26.9. The molecular formula is C47H54N4O4. The third-order valence-corrected chi connectivity index (χ3v) is 11.7. The fourth-order valence-corrected chi connectivity index (χ4v) is 8.58. The molecule has 2 heterocycles. The molecule has 0 bridgehead atoms. The van der Waals surface area contributed by atoms with E-state index in [2.05, 4.69) is 84.5 Å². The fraction of sp³-hybridized carbons (Fsp3) is 0.404. The van der Waals surface area contributed by atoms with E-state index in [0.717, 1.165) is 59.4 Å². The van der Waals surface area contributed by atoms with Gasteiger partial charge in [-0.2, -0.15) is 0 Å². The Morgan fingerprint density at radius 3 is 1.29 bits per heavy atom. The molecule has 0 aliphatic heterocycles. The Labute approximate surface area is 325 Å². The molecule has 8 nitrogen and oxygen atoms in total. The van der Waals surface area contributed by atoms with E-state index >= 15 is 0 Å². The monoisotopic (exact) mass is 738 g/mol. The lowest BCUT2D eigenvalue weighted by molar-refractivity contribution is 0.266. The number of rotatable bonds is 18. The third-order valence-electron chi connectivity index (χ3n) is 11.7. The second-order valence-corrected chi connectivity index (χ2v) is 15.1. The normalized spacial score (nSPS) is 14.0. The van der Waals surface area contributed by atoms with Gasteiger partial charge in [-0.05, 0) is 108 Å². The number of ether oxygens (including phenoxy) is 2. The van der Waals surface area contributed by atoms with Gasteiger partial charge in [0.1, 0.15) is 11.5 Å². The van der Waals surface area contributed by atoms with Gasteiger partial charge in [-0.15, -0.1) is 20.4 Å². The lowest BCUT2D eigenvalue weighted by atomic mass is 9.65. The minimum absolute atomic E-state index is 0.231. The second kappa shape index (κ2) is 17.1. The zero-order chi connectivity index (χ0) is 38.4. The van der Waals surface area contributed by atoms with E-state index in [4.69, 9.17) is 18.3 Å². The highest BCUT2D eigenvalue weighted by Gasteiger charge is 2.46. The van der Waals surface area contributed by atoms with Gasteiger partial charge >= 0.3 is 0 Å². The first-order valence-corrected chi connectivity index (χ1v) is 20.2. The molecule has 6 aromatic rings. The summed E-state index contributed by atoms with van der Waals surface area (Å²) in [7, 11) is 3.32. The Kier molecular flexibility index (Phi) is 11.8. The largest absolute Gasteiger partial charge is 0.497 e. The Hall–Kier alpha value is -5.24. The topological polar surface area (TPSA) is 96.3 Å². The van der Waals surface area contributed by atoms with Crippen LogP contribution in [0.3, 0.4) is 0 Å². The SMILES string of the molecule is CCCCC(CC)CC1(CC(CC)CCCC)c2cc(-c3nnc(-c4cccc(OC)c4)o3)ccc2-c2ccc(-c3nnc(-c4cccc(OC)c4)o3)cc21. The number of hydrogen-bond acceptors (Lipinski definition) is 8. The van der Waals surface area contributed by atoms with Crippen molar-refractivity contribution in [1.29, 1.82) is 0 Å². The predicted octanol–water partition coefficient (Wildman–Crippen LogP) is 12.6. The van der Waals surface area contributed by atoms with E-state index < -0.39 is 0 Å². The van der Waals surface area contributed by atoms with E-state index in [0.29, 0.717) is 35.4 Å². The smallest absolute Gasteiger partial charge is 0.248 e. The zero-order valence-electron chi connectivity index (χ0n) is 33.2. The molecule has 1 aliphatic rings. The highest BCUT2D eigenvalue weighted by atomic mass is 16.5. The van der Waals surface area contributed by atoms with E-state index in [-0.39, 0.29) is 5.41 Å². The molecule has 0 spiro atoms. The lowest BCUT2D eigenvalue weighted by Gasteiger charge is -2.39. The summed E-state index contributed by atoms with van der Waals surface area (Å²) < 4.78 is 23.7. The van der Waals surface area contributed by atoms with Crippen molar-refractivity contribution in [3.05, 3.63) is 96.1 Å². The number of benzene rings is 4. The molecule has 0 saturated carbocycles. The summed E-state index contributed by atoms with van der Waals surface area (Å²) in [4.78, 5) is 0. The maximum Gasteiger partial charge on any atom is 0.248 e. The van der Waals surface area contributed by atoms with Crippen molar-refractivity contribution < 1.29 is 18.3 Å². The predicted molar refractivity (Wildman–Crippen MR) is 219 cm³/mol. The molecule has 7 rings (SSSR count). The van der Waals surface area contributed by atoms with Crippen molar-refractivity contribution in [1.82, 2.24) is 20.4 Å². The van der Waals surface area contributed by atoms with Gasteiger partial charge in [0.25, 0.3) is 0 Å². The van der Waals surface area contributed by atoms with Crippen LogP contribution in [0, 0.1) is 11.8 Å². The Balaban J connectivity index is 1.37. The van der Waals surface area contributed by atoms with Gasteiger partial charge < -0.3 is 18.3 Å². The molecule has 2 aromatic heterocycles. The number of methoxy groups -OCH3 is 2. The third kappa shape index (κ3) is 7.82. The van der Waals surface area contributed by atoms with E-state index in [1.807, 2.05) is 48.5 Å². The number of aromatic nitrogens is 4. The molecule has 8 heteroatoms. The summed E-state index contributed by atoms with van der Waals surface area (Å²) in [6.45, 7) is 9.33. The number of hydrogen-bond donors (Lipinski definition) is 0. The summed E-state index contributed by atoms with van der Waals surface area (Å²) >= 11 is 0. The van der Waals surface area contributed by atoms with Gasteiger partial charge in [0.15, 0.2) is 0 Å². The standard InChI is InChI=1S/C47H54N4O4/c1-7-11-15-31(9-3)29-47(30-32(10-4)16-12-8-2)41-27-35(45-50-48-43(54-45)33-17-13-19-37(25-33)52-5)21-23-39(41)40-24-22-36(28-42(40)47)46-51-49-44(55-46)34-18-14-20-38(26-34)53-6/h13-14,17-28,31-32H,7-12,15-16,29-30H2,1-6H3. The molecule has 2 atom stereocenters. The minimum atomic E-state index is -0.231. The molecule has 0 fully saturated rings. The van der Waals surface area contributed by atoms with E-state index in [1.165, 1.54) is 60.8 Å². The average Bonchev–Trinajstić information content (AvgIpc) is 3.99. The summed E-state index contributed by atoms with van der Waals surface area (Å²) in [5, 5.41) is 18.1. The molecule has 0 amide bonds. The highest BCUT2D eigenvalue weighted by molar-refractivity contribution is 5.85. The first-order valence-electron chi connectivity index (χ1n) is 20.2. The fourth-order valence-electron chi connectivity index (χ4n) is 8.58. The summed E-state index contributed by atoms with van der Waals surface area (Å²) in [6, 6.07) is 29.0. The molecule has 0 saturated heterocycles. The Bertz CT molecular complexity index is 2050. The number of unbranched alkanes of at least 4 members (excludes halogenated alkanes) is 2. The van der Waals surface area contributed by atoms with Gasteiger partial charge in [0, 0.05) is 27.7 Å². The molecule has 1 aliphatic carbocycles. The van der Waals surface area contributed by atoms with Crippen LogP contribution in [0.5, 0.6) is 11.5 Å². The molecule has 0 radical (unpaired) electrons. The van der Waals surface area contributed by atoms with Gasteiger partial charge in [-0.3, -0.25) is 0 Å². The quantitative estimate of drug-likeness (QED) is 0.0860. The van der Waals surface area contributed by atoms with Crippen molar-refractivity contribution in [2.75, 3.05) is 14.2 Å². The van der Waals surface area contributed by atoms with Gasteiger partial charge in [0.05, 0.1) is 14.2 Å². The van der Waals surface area contributed by atoms with Crippen LogP contribution in [0.15, 0.2) is 93.8 Å². The average molecular weight is 739 g/mol. The molecule has 4 aromatic carbocycles. The molecule has 286 valence electrons. The molecular weight excluding hydrogens is 685 g/mol. The van der Waals surface area contributed by atoms with Crippen molar-refractivity contribution in [2.45, 2.75) is 97.3 Å². The van der Waals surface area contributed by atoms with Crippen LogP contribution < -0.4 is 9.47 Å². The van der Waals surface area contributed by atoms with Crippen LogP contribution in [-0.4, -0.2) is 34.6 Å². The minimum Gasteiger partial charge on any atom is -0.497 e. The summed E-state index contributed by atoms with van der Waals surface area (Å²) in [5.41, 5.74) is 8.54. The zero-order valence-corrected chi connectivity index (χ0v) is 33.2. The van der Waals surface area contributed by atoms with Crippen LogP contribution in [0.4, 0.5) is 0 Å². The molecule has 55 heavy (non-hydrogen) atoms. The number of nitrogens with zero attached hydrogens (tertiary/aromatic N) is 4. The van der Waals surface area contributed by atoms with Crippen molar-refractivity contribution in [2.24, 2.45) is 11.8 Å². The van der Waals surface area contributed by atoms with E-state index in [9.17, 15) is 0 Å². The number of fused-ring (bicyclic) bond motifs is 3.